The van der Waals surface area contributed by atoms with Gasteiger partial charge in [0, 0.05) is 32.5 Å². The largest absolute Gasteiger partial charge is 0.324 e. The first kappa shape index (κ1) is 18.0. The first-order valence-electron chi connectivity index (χ1n) is 8.29. The SMILES string of the molecule is Cc1cc2c(cc1C)C(Nc1ccc(Br)cn1)=NC2=Nc1ccc(Br)cn1. The molecule has 0 unspecified atom stereocenters. The molecule has 7 heteroatoms. The zero-order chi connectivity index (χ0) is 19.0. The summed E-state index contributed by atoms with van der Waals surface area (Å²) in [5, 5.41) is 3.31. The van der Waals surface area contributed by atoms with Crippen molar-refractivity contribution in [3.05, 3.63) is 80.0 Å². The van der Waals surface area contributed by atoms with Crippen molar-refractivity contribution in [1.82, 2.24) is 9.97 Å². The molecule has 1 aromatic carbocycles. The number of nitrogens with one attached hydrogen (secondary N) is 1. The number of nitrogens with zero attached hydrogens (tertiary/aromatic N) is 4. The van der Waals surface area contributed by atoms with Gasteiger partial charge in [-0.2, -0.15) is 0 Å². The van der Waals surface area contributed by atoms with Gasteiger partial charge in [-0.05, 0) is 93.2 Å². The summed E-state index contributed by atoms with van der Waals surface area (Å²) in [5.41, 5.74) is 4.40. The van der Waals surface area contributed by atoms with Crippen LogP contribution >= 0.6 is 31.9 Å². The molecule has 3 aromatic rings. The number of amidine groups is 2. The Kier molecular flexibility index (Phi) is 4.88. The van der Waals surface area contributed by atoms with Crippen LogP contribution in [0.3, 0.4) is 0 Å². The Labute approximate surface area is 174 Å². The molecule has 0 radical (unpaired) electrons. The van der Waals surface area contributed by atoms with Crippen LogP contribution in [0.25, 0.3) is 0 Å². The van der Waals surface area contributed by atoms with Crippen molar-refractivity contribution >= 4 is 55.2 Å². The molecule has 0 fully saturated rings. The fourth-order valence-corrected chi connectivity index (χ4v) is 3.19. The maximum atomic E-state index is 4.73. The summed E-state index contributed by atoms with van der Waals surface area (Å²) in [5.74, 6) is 2.72. The minimum absolute atomic E-state index is 0.615. The van der Waals surface area contributed by atoms with Gasteiger partial charge in [-0.25, -0.2) is 20.0 Å². The molecular formula is C20H15Br2N5. The Morgan fingerprint density at radius 3 is 2.15 bits per heavy atom. The van der Waals surface area contributed by atoms with Gasteiger partial charge in [-0.15, -0.1) is 0 Å². The van der Waals surface area contributed by atoms with Crippen molar-refractivity contribution in [3.63, 3.8) is 0 Å². The van der Waals surface area contributed by atoms with Crippen LogP contribution in [0.2, 0.25) is 0 Å². The number of hydrogen-bond donors (Lipinski definition) is 1. The average Bonchev–Trinajstić information content (AvgIpc) is 2.96. The summed E-state index contributed by atoms with van der Waals surface area (Å²) in [6.45, 7) is 4.18. The lowest BCUT2D eigenvalue weighted by atomic mass is 10.0. The third-order valence-electron chi connectivity index (χ3n) is 4.25. The normalized spacial score (nSPS) is 14.2. The molecule has 0 spiro atoms. The zero-order valence-corrected chi connectivity index (χ0v) is 17.8. The molecule has 2 aromatic heterocycles. The number of rotatable bonds is 2. The van der Waals surface area contributed by atoms with Gasteiger partial charge in [-0.1, -0.05) is 0 Å². The summed E-state index contributed by atoms with van der Waals surface area (Å²) < 4.78 is 1.84. The summed E-state index contributed by atoms with van der Waals surface area (Å²) in [6.07, 6.45) is 3.48. The van der Waals surface area contributed by atoms with E-state index in [2.05, 4.69) is 78.1 Å². The molecular weight excluding hydrogens is 470 g/mol. The average molecular weight is 485 g/mol. The van der Waals surface area contributed by atoms with Gasteiger partial charge in [0.1, 0.15) is 11.7 Å². The molecule has 0 saturated carbocycles. The van der Waals surface area contributed by atoms with E-state index in [0.717, 1.165) is 31.7 Å². The van der Waals surface area contributed by atoms with Crippen molar-refractivity contribution in [2.24, 2.45) is 9.98 Å². The number of fused-ring (bicyclic) bond motifs is 1. The van der Waals surface area contributed by atoms with E-state index in [1.807, 2.05) is 24.3 Å². The van der Waals surface area contributed by atoms with E-state index in [9.17, 15) is 0 Å². The van der Waals surface area contributed by atoms with Crippen molar-refractivity contribution in [3.8, 4) is 0 Å². The number of hydrogen-bond acceptors (Lipinski definition) is 4. The molecule has 1 aliphatic heterocycles. The minimum Gasteiger partial charge on any atom is -0.324 e. The van der Waals surface area contributed by atoms with Crippen LogP contribution in [0, 0.1) is 13.8 Å². The van der Waals surface area contributed by atoms with Gasteiger partial charge >= 0.3 is 0 Å². The lowest BCUT2D eigenvalue weighted by Crippen LogP contribution is -2.12. The lowest BCUT2D eigenvalue weighted by molar-refractivity contribution is 1.25. The third kappa shape index (κ3) is 3.84. The summed E-state index contributed by atoms with van der Waals surface area (Å²) in [6, 6.07) is 11.9. The predicted molar refractivity (Wildman–Crippen MR) is 116 cm³/mol. The Bertz CT molecular complexity index is 1070. The van der Waals surface area contributed by atoms with Crippen molar-refractivity contribution < 1.29 is 0 Å². The van der Waals surface area contributed by atoms with Crippen molar-refractivity contribution in [2.45, 2.75) is 13.8 Å². The Hall–Kier alpha value is -2.38. The quantitative estimate of drug-likeness (QED) is 0.517. The van der Waals surface area contributed by atoms with Crippen LogP contribution in [0.15, 0.2) is 67.7 Å². The van der Waals surface area contributed by atoms with Crippen LogP contribution in [-0.4, -0.2) is 21.6 Å². The van der Waals surface area contributed by atoms with Crippen LogP contribution < -0.4 is 5.32 Å². The van der Waals surface area contributed by atoms with E-state index in [0.29, 0.717) is 11.7 Å². The maximum absolute atomic E-state index is 4.73. The second kappa shape index (κ2) is 7.32. The molecule has 5 nitrogen and oxygen atoms in total. The Balaban J connectivity index is 1.78. The topological polar surface area (TPSA) is 62.5 Å². The van der Waals surface area contributed by atoms with Gasteiger partial charge < -0.3 is 5.32 Å². The fourth-order valence-electron chi connectivity index (χ4n) is 2.72. The molecule has 1 N–H and O–H groups in total. The highest BCUT2D eigenvalue weighted by Crippen LogP contribution is 2.26. The highest BCUT2D eigenvalue weighted by molar-refractivity contribution is 9.10. The second-order valence-electron chi connectivity index (χ2n) is 6.20. The molecule has 0 saturated heterocycles. The first-order valence-corrected chi connectivity index (χ1v) is 9.88. The number of anilines is 1. The summed E-state index contributed by atoms with van der Waals surface area (Å²) >= 11 is 6.80. The van der Waals surface area contributed by atoms with E-state index in [4.69, 9.17) is 4.99 Å². The van der Waals surface area contributed by atoms with Crippen LogP contribution in [0.5, 0.6) is 0 Å². The molecule has 27 heavy (non-hydrogen) atoms. The van der Waals surface area contributed by atoms with Gasteiger partial charge in [-0.3, -0.25) is 0 Å². The number of halogens is 2. The number of aryl methyl sites for hydroxylation is 2. The molecule has 3 heterocycles. The monoisotopic (exact) mass is 483 g/mol. The Morgan fingerprint density at radius 1 is 0.852 bits per heavy atom. The van der Waals surface area contributed by atoms with Crippen molar-refractivity contribution in [2.75, 3.05) is 5.32 Å². The molecule has 0 aliphatic carbocycles. The zero-order valence-electron chi connectivity index (χ0n) is 14.7. The van der Waals surface area contributed by atoms with Crippen LogP contribution in [0.1, 0.15) is 22.3 Å². The Morgan fingerprint density at radius 2 is 1.52 bits per heavy atom. The molecule has 1 aliphatic rings. The highest BCUT2D eigenvalue weighted by atomic mass is 79.9. The van der Waals surface area contributed by atoms with Crippen molar-refractivity contribution in [1.29, 1.82) is 0 Å². The maximum Gasteiger partial charge on any atom is 0.164 e. The molecule has 0 amide bonds. The summed E-state index contributed by atoms with van der Waals surface area (Å²) in [7, 11) is 0. The van der Waals surface area contributed by atoms with E-state index >= 15 is 0 Å². The van der Waals surface area contributed by atoms with Gasteiger partial charge in [0.05, 0.1) is 0 Å². The molecule has 0 bridgehead atoms. The molecule has 134 valence electrons. The summed E-state index contributed by atoms with van der Waals surface area (Å²) in [4.78, 5) is 18.1. The molecule has 4 rings (SSSR count). The minimum atomic E-state index is 0.615. The fraction of sp³-hybridized carbons (Fsp3) is 0.100. The van der Waals surface area contributed by atoms with Crippen LogP contribution in [0.4, 0.5) is 11.6 Å². The van der Waals surface area contributed by atoms with E-state index in [1.54, 1.807) is 12.4 Å². The third-order valence-corrected chi connectivity index (χ3v) is 5.19. The van der Waals surface area contributed by atoms with E-state index in [-0.39, 0.29) is 0 Å². The van der Waals surface area contributed by atoms with E-state index < -0.39 is 0 Å². The van der Waals surface area contributed by atoms with Gasteiger partial charge in [0.15, 0.2) is 11.7 Å². The van der Waals surface area contributed by atoms with Gasteiger partial charge in [0.25, 0.3) is 0 Å². The van der Waals surface area contributed by atoms with Crippen LogP contribution in [-0.2, 0) is 0 Å². The smallest absolute Gasteiger partial charge is 0.164 e. The van der Waals surface area contributed by atoms with E-state index in [1.165, 1.54) is 11.1 Å². The van der Waals surface area contributed by atoms with Gasteiger partial charge in [0.2, 0.25) is 0 Å². The first-order chi connectivity index (χ1) is 13.0. The highest BCUT2D eigenvalue weighted by Gasteiger charge is 2.23. The second-order valence-corrected chi connectivity index (χ2v) is 8.03. The predicted octanol–water partition coefficient (Wildman–Crippen LogP) is 5.57. The standard InChI is InChI=1S/C20H15Br2N5/c1-11-7-15-16(8-12(11)2)20(26-18-6-4-14(22)10-24-18)27-19(15)25-17-5-3-13(21)9-23-17/h3-10H,1-2H3,(H,23,24,25,26,27). The number of aliphatic imine (C=N–C) groups is 2. The lowest BCUT2D eigenvalue weighted by Gasteiger charge is -2.09. The number of benzene rings is 1. The number of pyridine rings is 2. The molecule has 0 atom stereocenters. The number of aromatic nitrogens is 2.